The number of nitriles is 1. The van der Waals surface area contributed by atoms with Crippen LogP contribution in [0.1, 0.15) is 61.4 Å². The Hall–Kier alpha value is -1.82. The fourth-order valence-corrected chi connectivity index (χ4v) is 5.87. The zero-order chi connectivity index (χ0) is 16.0. The number of hydrogen-bond acceptors (Lipinski definition) is 2. The Morgan fingerprint density at radius 1 is 1.22 bits per heavy atom. The zero-order valence-corrected chi connectivity index (χ0v) is 13.7. The van der Waals surface area contributed by atoms with E-state index in [0.29, 0.717) is 16.5 Å². The summed E-state index contributed by atoms with van der Waals surface area (Å²) in [4.78, 5) is 12.6. The number of nitrogens with zero attached hydrogens (tertiary/aromatic N) is 1. The van der Waals surface area contributed by atoms with Crippen molar-refractivity contribution in [3.05, 3.63) is 35.4 Å². The largest absolute Gasteiger partial charge is 0.349 e. The van der Waals surface area contributed by atoms with E-state index in [-0.39, 0.29) is 11.9 Å². The van der Waals surface area contributed by atoms with Crippen LogP contribution in [0.2, 0.25) is 0 Å². The molecular formula is C20H24N2O. The van der Waals surface area contributed by atoms with Gasteiger partial charge in [-0.1, -0.05) is 6.07 Å². The summed E-state index contributed by atoms with van der Waals surface area (Å²) in [5.41, 5.74) is 1.46. The fraction of sp³-hybridized carbons (Fsp3) is 0.600. The average Bonchev–Trinajstić information content (AvgIpc) is 2.53. The van der Waals surface area contributed by atoms with E-state index in [1.54, 1.807) is 24.3 Å². The monoisotopic (exact) mass is 308 g/mol. The molecule has 1 atom stereocenters. The third-order valence-corrected chi connectivity index (χ3v) is 6.61. The molecule has 3 nitrogen and oxygen atoms in total. The van der Waals surface area contributed by atoms with Gasteiger partial charge in [-0.2, -0.15) is 5.26 Å². The van der Waals surface area contributed by atoms with Crippen molar-refractivity contribution in [1.29, 1.82) is 5.26 Å². The molecule has 4 bridgehead atoms. The lowest BCUT2D eigenvalue weighted by Crippen LogP contribution is -2.55. The maximum absolute atomic E-state index is 12.6. The predicted molar refractivity (Wildman–Crippen MR) is 88.7 cm³/mol. The first-order chi connectivity index (χ1) is 11.1. The van der Waals surface area contributed by atoms with Crippen LogP contribution in [0.3, 0.4) is 0 Å². The van der Waals surface area contributed by atoms with Crippen LogP contribution in [-0.2, 0) is 0 Å². The minimum absolute atomic E-state index is 0.0367. The molecule has 0 aromatic heterocycles. The molecule has 4 fully saturated rings. The molecule has 1 N–H and O–H groups in total. The van der Waals surface area contributed by atoms with Crippen molar-refractivity contribution in [2.75, 3.05) is 0 Å². The Labute approximate surface area is 138 Å². The van der Waals surface area contributed by atoms with Crippen LogP contribution in [0.5, 0.6) is 0 Å². The molecular weight excluding hydrogens is 284 g/mol. The van der Waals surface area contributed by atoms with Crippen molar-refractivity contribution < 1.29 is 4.79 Å². The molecule has 1 aromatic carbocycles. The molecule has 23 heavy (non-hydrogen) atoms. The Kier molecular flexibility index (Phi) is 3.44. The van der Waals surface area contributed by atoms with E-state index in [1.165, 1.54) is 38.5 Å². The van der Waals surface area contributed by atoms with Gasteiger partial charge in [0.2, 0.25) is 0 Å². The Balaban J connectivity index is 1.50. The van der Waals surface area contributed by atoms with Crippen LogP contribution in [0.4, 0.5) is 0 Å². The molecule has 0 heterocycles. The Morgan fingerprint density at radius 2 is 1.83 bits per heavy atom. The second-order valence-electron chi connectivity index (χ2n) is 8.17. The van der Waals surface area contributed by atoms with Crippen LogP contribution in [0.25, 0.3) is 0 Å². The molecule has 3 heteroatoms. The molecule has 0 radical (unpaired) electrons. The topological polar surface area (TPSA) is 52.9 Å². The van der Waals surface area contributed by atoms with Crippen LogP contribution >= 0.6 is 0 Å². The minimum Gasteiger partial charge on any atom is -0.349 e. The Bertz CT molecular complexity index is 637. The van der Waals surface area contributed by atoms with Gasteiger partial charge in [-0.15, -0.1) is 0 Å². The second-order valence-corrected chi connectivity index (χ2v) is 8.17. The summed E-state index contributed by atoms with van der Waals surface area (Å²) >= 11 is 0. The SMILES string of the molecule is CC(NC(=O)c1cccc(C#N)c1)C12CC3CC(CC(C3)C1)C2. The van der Waals surface area contributed by atoms with E-state index in [0.717, 1.165) is 17.8 Å². The standard InChI is InChI=1S/C20H24N2O/c1-13(22-19(23)18-4-2-3-14(8-18)12-21)20-9-15-5-16(10-20)7-17(6-15)11-20/h2-4,8,13,15-17H,5-7,9-11H2,1H3,(H,22,23). The van der Waals surface area contributed by atoms with Crippen molar-refractivity contribution in [3.8, 4) is 6.07 Å². The lowest BCUT2D eigenvalue weighted by atomic mass is 9.48. The van der Waals surface area contributed by atoms with Gasteiger partial charge < -0.3 is 5.32 Å². The van der Waals surface area contributed by atoms with E-state index in [2.05, 4.69) is 18.3 Å². The summed E-state index contributed by atoms with van der Waals surface area (Å²) in [6, 6.07) is 9.31. The molecule has 5 rings (SSSR count). The number of nitrogens with one attached hydrogen (secondary N) is 1. The van der Waals surface area contributed by atoms with Crippen LogP contribution in [0, 0.1) is 34.5 Å². The maximum Gasteiger partial charge on any atom is 0.251 e. The molecule has 120 valence electrons. The predicted octanol–water partition coefficient (Wildman–Crippen LogP) is 3.89. The van der Waals surface area contributed by atoms with Gasteiger partial charge in [-0.25, -0.2) is 0 Å². The summed E-state index contributed by atoms with van der Waals surface area (Å²) in [6.45, 7) is 2.19. The van der Waals surface area contributed by atoms with Crippen LogP contribution in [-0.4, -0.2) is 11.9 Å². The molecule has 4 saturated carbocycles. The highest BCUT2D eigenvalue weighted by atomic mass is 16.1. The molecule has 0 spiro atoms. The first kappa shape index (κ1) is 14.8. The third kappa shape index (κ3) is 2.55. The van der Waals surface area contributed by atoms with Gasteiger partial charge in [-0.05, 0) is 86.8 Å². The number of hydrogen-bond donors (Lipinski definition) is 1. The normalized spacial score (nSPS) is 35.6. The van der Waals surface area contributed by atoms with Gasteiger partial charge in [0.15, 0.2) is 0 Å². The van der Waals surface area contributed by atoms with E-state index in [4.69, 9.17) is 5.26 Å². The van der Waals surface area contributed by atoms with E-state index in [1.807, 2.05) is 0 Å². The summed E-state index contributed by atoms with van der Waals surface area (Å²) in [6.07, 6.45) is 8.13. The molecule has 0 saturated heterocycles. The first-order valence-corrected chi connectivity index (χ1v) is 8.89. The third-order valence-electron chi connectivity index (χ3n) is 6.61. The zero-order valence-electron chi connectivity index (χ0n) is 13.7. The number of rotatable bonds is 3. The quantitative estimate of drug-likeness (QED) is 0.921. The van der Waals surface area contributed by atoms with Gasteiger partial charge in [0.1, 0.15) is 0 Å². The molecule has 1 aromatic rings. The van der Waals surface area contributed by atoms with Crippen molar-refractivity contribution >= 4 is 5.91 Å². The fourth-order valence-electron chi connectivity index (χ4n) is 5.87. The van der Waals surface area contributed by atoms with Crippen LogP contribution < -0.4 is 5.32 Å². The van der Waals surface area contributed by atoms with Gasteiger partial charge in [0, 0.05) is 11.6 Å². The highest BCUT2D eigenvalue weighted by Gasteiger charge is 2.53. The number of carbonyl (C=O) groups excluding carboxylic acids is 1. The van der Waals surface area contributed by atoms with Crippen molar-refractivity contribution in [2.24, 2.45) is 23.2 Å². The number of carbonyl (C=O) groups is 1. The van der Waals surface area contributed by atoms with Gasteiger partial charge >= 0.3 is 0 Å². The summed E-state index contributed by atoms with van der Waals surface area (Å²) in [7, 11) is 0. The molecule has 4 aliphatic carbocycles. The smallest absolute Gasteiger partial charge is 0.251 e. The van der Waals surface area contributed by atoms with Crippen molar-refractivity contribution in [3.63, 3.8) is 0 Å². The van der Waals surface area contributed by atoms with Gasteiger partial charge in [0.05, 0.1) is 11.6 Å². The average molecular weight is 308 g/mol. The van der Waals surface area contributed by atoms with Crippen molar-refractivity contribution in [2.45, 2.75) is 51.5 Å². The molecule has 4 aliphatic rings. The molecule has 1 unspecified atom stereocenters. The summed E-state index contributed by atoms with van der Waals surface area (Å²) < 4.78 is 0. The van der Waals surface area contributed by atoms with Crippen LogP contribution in [0.15, 0.2) is 24.3 Å². The second kappa shape index (κ2) is 5.37. The highest BCUT2D eigenvalue weighted by Crippen LogP contribution is 2.61. The lowest BCUT2D eigenvalue weighted by molar-refractivity contribution is -0.0688. The van der Waals surface area contributed by atoms with E-state index in [9.17, 15) is 4.79 Å². The molecule has 1 amide bonds. The Morgan fingerprint density at radius 3 is 2.39 bits per heavy atom. The summed E-state index contributed by atoms with van der Waals surface area (Å²) in [5, 5.41) is 12.3. The highest BCUT2D eigenvalue weighted by molar-refractivity contribution is 5.94. The molecule has 0 aliphatic heterocycles. The lowest BCUT2D eigenvalue weighted by Gasteiger charge is -2.59. The summed E-state index contributed by atoms with van der Waals surface area (Å²) in [5.74, 6) is 2.64. The van der Waals surface area contributed by atoms with Gasteiger partial charge in [0.25, 0.3) is 5.91 Å². The van der Waals surface area contributed by atoms with E-state index < -0.39 is 0 Å². The van der Waals surface area contributed by atoms with Gasteiger partial charge in [-0.3, -0.25) is 4.79 Å². The van der Waals surface area contributed by atoms with Crippen molar-refractivity contribution in [1.82, 2.24) is 5.32 Å². The van der Waals surface area contributed by atoms with E-state index >= 15 is 0 Å². The minimum atomic E-state index is -0.0367. The number of benzene rings is 1. The number of amides is 1. The first-order valence-electron chi connectivity index (χ1n) is 8.89. The maximum atomic E-state index is 12.6.